The lowest BCUT2D eigenvalue weighted by molar-refractivity contribution is 0.105. The van der Waals surface area contributed by atoms with Gasteiger partial charge in [0.25, 0.3) is 0 Å². The van der Waals surface area contributed by atoms with E-state index in [4.69, 9.17) is 27.9 Å². The molecule has 7 heteroatoms. The van der Waals surface area contributed by atoms with Gasteiger partial charge in [-0.2, -0.15) is 5.10 Å². The Balaban J connectivity index is 2.05. The highest BCUT2D eigenvalue weighted by atomic mass is 35.5. The highest BCUT2D eigenvalue weighted by molar-refractivity contribution is 6.40. The van der Waals surface area contributed by atoms with Gasteiger partial charge in [-0.15, -0.1) is 0 Å². The lowest BCUT2D eigenvalue weighted by Gasteiger charge is -2.09. The maximum Gasteiger partial charge on any atom is 0.212 e. The normalized spacial score (nSPS) is 11.4. The largest absolute Gasteiger partial charge is 0.497 e. The van der Waals surface area contributed by atoms with E-state index in [1.54, 1.807) is 25.3 Å². The van der Waals surface area contributed by atoms with Crippen LogP contribution >= 0.6 is 23.2 Å². The highest BCUT2D eigenvalue weighted by Crippen LogP contribution is 2.25. The third kappa shape index (κ3) is 3.90. The Labute approximate surface area is 154 Å². The molecule has 3 aromatic rings. The van der Waals surface area contributed by atoms with Crippen LogP contribution in [0.3, 0.4) is 0 Å². The maximum atomic E-state index is 13.0. The molecule has 3 rings (SSSR count). The number of aromatic nitrogens is 3. The summed E-state index contributed by atoms with van der Waals surface area (Å²) >= 11 is 12.1. The third-order valence-electron chi connectivity index (χ3n) is 3.49. The second kappa shape index (κ2) is 7.51. The zero-order chi connectivity index (χ0) is 17.8. The molecule has 1 heterocycles. The van der Waals surface area contributed by atoms with Crippen LogP contribution in [-0.2, 0) is 0 Å². The first-order valence-corrected chi connectivity index (χ1v) is 8.04. The van der Waals surface area contributed by atoms with Crippen molar-refractivity contribution in [1.82, 2.24) is 14.8 Å². The molecule has 126 valence electrons. The van der Waals surface area contributed by atoms with Crippen LogP contribution in [0.4, 0.5) is 0 Å². The van der Waals surface area contributed by atoms with Gasteiger partial charge in [-0.25, -0.2) is 9.67 Å². The predicted octanol–water partition coefficient (Wildman–Crippen LogP) is 4.47. The number of carbonyl (C=O) groups is 1. The Hall–Kier alpha value is -2.63. The first-order valence-electron chi connectivity index (χ1n) is 7.29. The topological polar surface area (TPSA) is 57.0 Å². The van der Waals surface area contributed by atoms with Crippen LogP contribution in [0.25, 0.3) is 11.8 Å². The van der Waals surface area contributed by atoms with Crippen molar-refractivity contribution in [2.75, 3.05) is 7.11 Å². The van der Waals surface area contributed by atoms with E-state index < -0.39 is 0 Å². The molecule has 0 saturated carbocycles. The molecule has 25 heavy (non-hydrogen) atoms. The number of Topliss-reactive ketones (excluding diaryl/α,β-unsaturated/α-hetero) is 1. The fourth-order valence-electron chi connectivity index (χ4n) is 2.24. The Kier molecular flexibility index (Phi) is 5.16. The van der Waals surface area contributed by atoms with Crippen molar-refractivity contribution >= 4 is 40.8 Å². The van der Waals surface area contributed by atoms with E-state index in [-0.39, 0.29) is 10.8 Å². The van der Waals surface area contributed by atoms with Gasteiger partial charge in [0.15, 0.2) is 0 Å². The number of ether oxygens (including phenoxy) is 1. The highest BCUT2D eigenvalue weighted by Gasteiger charge is 2.18. The number of rotatable bonds is 5. The SMILES string of the molecule is COc1ccc(C=C(C(=O)c2ccc(Cl)cc2Cl)n2cncn2)cc1. The van der Waals surface area contributed by atoms with Gasteiger partial charge in [0.05, 0.1) is 12.1 Å². The third-order valence-corrected chi connectivity index (χ3v) is 4.04. The molecule has 5 nitrogen and oxygen atoms in total. The second-order valence-corrected chi connectivity index (χ2v) is 5.94. The van der Waals surface area contributed by atoms with E-state index in [1.807, 2.05) is 24.3 Å². The summed E-state index contributed by atoms with van der Waals surface area (Å²) in [4.78, 5) is 16.9. The summed E-state index contributed by atoms with van der Waals surface area (Å²) in [5.41, 5.74) is 1.46. The molecule has 0 aliphatic rings. The van der Waals surface area contributed by atoms with Crippen molar-refractivity contribution < 1.29 is 9.53 Å². The van der Waals surface area contributed by atoms with Gasteiger partial charge in [-0.1, -0.05) is 35.3 Å². The fourth-order valence-corrected chi connectivity index (χ4v) is 2.73. The van der Waals surface area contributed by atoms with E-state index in [1.165, 1.54) is 23.4 Å². The molecular weight excluding hydrogens is 361 g/mol. The average molecular weight is 374 g/mol. The van der Waals surface area contributed by atoms with Crippen LogP contribution in [0.1, 0.15) is 15.9 Å². The molecule has 1 aromatic heterocycles. The number of benzene rings is 2. The molecule has 2 aromatic carbocycles. The Morgan fingerprint density at radius 1 is 1.16 bits per heavy atom. The lowest BCUT2D eigenvalue weighted by Crippen LogP contribution is -2.10. The molecule has 0 amide bonds. The van der Waals surface area contributed by atoms with Crippen molar-refractivity contribution in [2.45, 2.75) is 0 Å². The fraction of sp³-hybridized carbons (Fsp3) is 0.0556. The minimum absolute atomic E-state index is 0.276. The summed E-state index contributed by atoms with van der Waals surface area (Å²) in [5.74, 6) is 0.439. The van der Waals surface area contributed by atoms with Gasteiger partial charge in [0.1, 0.15) is 24.1 Å². The van der Waals surface area contributed by atoms with Crippen LogP contribution in [0.15, 0.2) is 55.1 Å². The molecule has 0 unspecified atom stereocenters. The number of allylic oxidation sites excluding steroid dienone is 1. The van der Waals surface area contributed by atoms with E-state index in [9.17, 15) is 4.79 Å². The lowest BCUT2D eigenvalue weighted by atomic mass is 10.1. The van der Waals surface area contributed by atoms with Crippen LogP contribution in [0.2, 0.25) is 10.0 Å². The quantitative estimate of drug-likeness (QED) is 0.488. The van der Waals surface area contributed by atoms with E-state index in [0.29, 0.717) is 16.3 Å². The van der Waals surface area contributed by atoms with Gasteiger partial charge >= 0.3 is 0 Å². The molecule has 0 aliphatic heterocycles. The smallest absolute Gasteiger partial charge is 0.212 e. The molecule has 0 bridgehead atoms. The van der Waals surface area contributed by atoms with Crippen LogP contribution in [0.5, 0.6) is 5.75 Å². The number of ketones is 1. The minimum Gasteiger partial charge on any atom is -0.497 e. The first-order chi connectivity index (χ1) is 12.1. The maximum absolute atomic E-state index is 13.0. The van der Waals surface area contributed by atoms with Crippen molar-refractivity contribution in [1.29, 1.82) is 0 Å². The summed E-state index contributed by atoms with van der Waals surface area (Å²) in [6.07, 6.45) is 4.52. The predicted molar refractivity (Wildman–Crippen MR) is 98.0 cm³/mol. The van der Waals surface area contributed by atoms with Crippen molar-refractivity contribution in [2.24, 2.45) is 0 Å². The zero-order valence-electron chi connectivity index (χ0n) is 13.2. The molecule has 0 aliphatic carbocycles. The van der Waals surface area contributed by atoms with E-state index >= 15 is 0 Å². The van der Waals surface area contributed by atoms with Gasteiger partial charge in [0.2, 0.25) is 5.78 Å². The Morgan fingerprint density at radius 3 is 2.52 bits per heavy atom. The van der Waals surface area contributed by atoms with Gasteiger partial charge in [0, 0.05) is 10.6 Å². The van der Waals surface area contributed by atoms with Crippen LogP contribution < -0.4 is 4.74 Å². The molecule has 0 radical (unpaired) electrons. The second-order valence-electron chi connectivity index (χ2n) is 5.10. The monoisotopic (exact) mass is 373 g/mol. The summed E-state index contributed by atoms with van der Waals surface area (Å²) in [5, 5.41) is 4.80. The summed E-state index contributed by atoms with van der Waals surface area (Å²) < 4.78 is 6.55. The molecule has 0 spiro atoms. The van der Waals surface area contributed by atoms with E-state index in [2.05, 4.69) is 10.1 Å². The average Bonchev–Trinajstić information content (AvgIpc) is 3.14. The van der Waals surface area contributed by atoms with E-state index in [0.717, 1.165) is 11.3 Å². The molecular formula is C18H13Cl2N3O2. The standard InChI is InChI=1S/C18H13Cl2N3O2/c1-25-14-5-2-12(3-6-14)8-17(23-11-21-10-22-23)18(24)15-7-4-13(19)9-16(15)20/h2-11H,1H3. The van der Waals surface area contributed by atoms with Crippen molar-refractivity contribution in [3.05, 3.63) is 76.3 Å². The number of methoxy groups -OCH3 is 1. The van der Waals surface area contributed by atoms with Crippen LogP contribution in [0, 0.1) is 0 Å². The van der Waals surface area contributed by atoms with Crippen LogP contribution in [-0.4, -0.2) is 27.7 Å². The summed E-state index contributed by atoms with van der Waals surface area (Å²) in [6, 6.07) is 12.0. The number of hydrogen-bond acceptors (Lipinski definition) is 4. The Bertz CT molecular complexity index is 920. The molecule has 0 N–H and O–H groups in total. The van der Waals surface area contributed by atoms with Crippen molar-refractivity contribution in [3.63, 3.8) is 0 Å². The van der Waals surface area contributed by atoms with Gasteiger partial charge in [-0.05, 0) is 42.0 Å². The van der Waals surface area contributed by atoms with Crippen molar-refractivity contribution in [3.8, 4) is 5.75 Å². The summed E-state index contributed by atoms with van der Waals surface area (Å²) in [6.45, 7) is 0. The van der Waals surface area contributed by atoms with Gasteiger partial charge < -0.3 is 4.74 Å². The molecule has 0 fully saturated rings. The first kappa shape index (κ1) is 17.2. The number of nitrogens with zero attached hydrogens (tertiary/aromatic N) is 3. The molecule has 0 saturated heterocycles. The summed E-state index contributed by atoms with van der Waals surface area (Å²) in [7, 11) is 1.59. The number of hydrogen-bond donors (Lipinski definition) is 0. The Morgan fingerprint density at radius 2 is 1.92 bits per heavy atom. The number of carbonyl (C=O) groups excluding carboxylic acids is 1. The zero-order valence-corrected chi connectivity index (χ0v) is 14.7. The molecule has 0 atom stereocenters. The number of halogens is 2. The van der Waals surface area contributed by atoms with Gasteiger partial charge in [-0.3, -0.25) is 4.79 Å². The minimum atomic E-state index is -0.289.